The number of hydrogen-bond acceptors (Lipinski definition) is 5. The lowest BCUT2D eigenvalue weighted by Crippen LogP contribution is -2.21. The third kappa shape index (κ3) is 4.99. The molecule has 0 radical (unpaired) electrons. The average molecular weight is 724 g/mol. The number of rotatable bonds is 5. The summed E-state index contributed by atoms with van der Waals surface area (Å²) < 4.78 is 48.7. The predicted octanol–water partition coefficient (Wildman–Crippen LogP) is 6.29. The lowest BCUT2D eigenvalue weighted by Gasteiger charge is -2.29. The van der Waals surface area contributed by atoms with Crippen LogP contribution < -0.4 is 10.1 Å². The second-order valence-corrected chi connectivity index (χ2v) is 13.8. The Balaban J connectivity index is 1.41. The molecule has 1 aliphatic rings. The van der Waals surface area contributed by atoms with Crippen molar-refractivity contribution in [3.05, 3.63) is 48.3 Å². The molecule has 1 saturated carbocycles. The highest BCUT2D eigenvalue weighted by atomic mass is 127. The van der Waals surface area contributed by atoms with Crippen LogP contribution in [-0.4, -0.2) is 39.1 Å². The second kappa shape index (κ2) is 9.95. The van der Waals surface area contributed by atoms with Gasteiger partial charge in [0.2, 0.25) is 0 Å². The first-order chi connectivity index (χ1) is 17.1. The van der Waals surface area contributed by atoms with E-state index >= 15 is 0 Å². The van der Waals surface area contributed by atoms with E-state index in [0.717, 1.165) is 48.6 Å². The predicted molar refractivity (Wildman–Crippen MR) is 145 cm³/mol. The maximum Gasteiger partial charge on any atom is 0.433 e. The summed E-state index contributed by atoms with van der Waals surface area (Å²) in [6.45, 7) is 0. The molecule has 1 N–H and O–H groups in total. The first-order valence-electron chi connectivity index (χ1n) is 11.2. The monoisotopic (exact) mass is 724 g/mol. The van der Waals surface area contributed by atoms with Crippen LogP contribution in [0.15, 0.2) is 36.9 Å². The summed E-state index contributed by atoms with van der Waals surface area (Å²) in [7, 11) is 1.47. The Morgan fingerprint density at radius 3 is 2.64 bits per heavy atom. The van der Waals surface area contributed by atoms with Crippen LogP contribution in [0.5, 0.6) is 5.75 Å². The van der Waals surface area contributed by atoms with E-state index in [9.17, 15) is 18.0 Å². The highest BCUT2D eigenvalue weighted by Crippen LogP contribution is 2.39. The zero-order valence-corrected chi connectivity index (χ0v) is 23.3. The molecule has 0 unspecified atom stereocenters. The van der Waals surface area contributed by atoms with Gasteiger partial charge in [-0.05, 0) is 43.7 Å². The number of nitrogens with zero attached hydrogens (tertiary/aromatic N) is 5. The number of ether oxygens (including phenoxy) is 1. The Bertz CT molecular complexity index is 1430. The van der Waals surface area contributed by atoms with Gasteiger partial charge in [0, 0.05) is 23.8 Å². The molecule has 0 saturated heterocycles. The molecule has 1 aromatic carbocycles. The standard InChI is InChI=1S/C23H21F3I2N6O2/c1-36-17-9-15-13(10-34(32-15)14-4-2-12(3-5-14)20(27)28)8-16(17)30-22(35)19-21-31-18(23(24,25)26)6-7-33(21)11-29-19/h6-12,14,20H,2-5H2,1H3,(H,30,35). The number of nitrogens with one attached hydrogen (secondary N) is 1. The topological polar surface area (TPSA) is 86.3 Å². The van der Waals surface area contributed by atoms with Crippen LogP contribution in [0, 0.1) is 5.92 Å². The number of amides is 1. The summed E-state index contributed by atoms with van der Waals surface area (Å²) in [5, 5.41) is 8.28. The second-order valence-electron chi connectivity index (χ2n) is 8.71. The highest BCUT2D eigenvalue weighted by molar-refractivity contribution is 14.2. The van der Waals surface area contributed by atoms with Crippen LogP contribution in [0.3, 0.4) is 0 Å². The number of methoxy groups -OCH3 is 1. The summed E-state index contributed by atoms with van der Waals surface area (Å²) in [6, 6.07) is 4.64. The van der Waals surface area contributed by atoms with E-state index in [-0.39, 0.29) is 11.3 Å². The summed E-state index contributed by atoms with van der Waals surface area (Å²) in [5.41, 5.74) is -0.413. The molecule has 3 heterocycles. The van der Waals surface area contributed by atoms with Crippen molar-refractivity contribution in [2.24, 2.45) is 5.92 Å². The molecule has 13 heteroatoms. The number of benzene rings is 1. The number of halogens is 5. The van der Waals surface area contributed by atoms with E-state index < -0.39 is 17.8 Å². The Labute approximate surface area is 231 Å². The SMILES string of the molecule is COc1cc2nn(C3CCC(C(I)I)CC3)cc2cc1NC(=O)c1ncn2ccc(C(F)(F)F)nc12. The Hall–Kier alpha value is -2.17. The van der Waals surface area contributed by atoms with Crippen molar-refractivity contribution >= 4 is 73.3 Å². The molecule has 5 rings (SSSR count). The molecule has 0 bridgehead atoms. The number of imidazole rings is 1. The maximum absolute atomic E-state index is 13.1. The molecule has 0 aliphatic heterocycles. The molecule has 0 spiro atoms. The molecule has 1 aliphatic carbocycles. The number of anilines is 1. The summed E-state index contributed by atoms with van der Waals surface area (Å²) in [5.74, 6) is 0.407. The van der Waals surface area contributed by atoms with Gasteiger partial charge in [-0.3, -0.25) is 13.9 Å². The van der Waals surface area contributed by atoms with Crippen molar-refractivity contribution in [2.45, 2.75) is 39.8 Å². The van der Waals surface area contributed by atoms with Crippen LogP contribution in [0.2, 0.25) is 0 Å². The van der Waals surface area contributed by atoms with Gasteiger partial charge in [0.1, 0.15) is 17.8 Å². The van der Waals surface area contributed by atoms with Gasteiger partial charge < -0.3 is 10.1 Å². The summed E-state index contributed by atoms with van der Waals surface area (Å²) in [6.07, 6.45) is 4.17. The van der Waals surface area contributed by atoms with Gasteiger partial charge in [-0.25, -0.2) is 9.97 Å². The molecule has 190 valence electrons. The van der Waals surface area contributed by atoms with Crippen molar-refractivity contribution in [3.63, 3.8) is 0 Å². The minimum absolute atomic E-state index is 0.189. The molecule has 0 atom stereocenters. The summed E-state index contributed by atoms with van der Waals surface area (Å²) in [4.78, 5) is 20.6. The lowest BCUT2D eigenvalue weighted by atomic mass is 9.87. The normalized spacial score (nSPS) is 18.8. The number of carbonyl (C=O) groups is 1. The number of hydrogen-bond donors (Lipinski definition) is 1. The lowest BCUT2D eigenvalue weighted by molar-refractivity contribution is -0.141. The van der Waals surface area contributed by atoms with Crippen LogP contribution >= 0.6 is 45.2 Å². The van der Waals surface area contributed by atoms with Crippen LogP contribution in [0.25, 0.3) is 16.6 Å². The van der Waals surface area contributed by atoms with E-state index in [2.05, 4.69) is 60.5 Å². The van der Waals surface area contributed by atoms with Crippen molar-refractivity contribution < 1.29 is 22.7 Å². The molecular weight excluding hydrogens is 703 g/mol. The fourth-order valence-corrected chi connectivity index (χ4v) is 5.96. The zero-order valence-electron chi connectivity index (χ0n) is 19.0. The molecule has 1 amide bonds. The highest BCUT2D eigenvalue weighted by Gasteiger charge is 2.33. The van der Waals surface area contributed by atoms with Gasteiger partial charge in [-0.1, -0.05) is 45.2 Å². The maximum atomic E-state index is 13.1. The molecule has 4 aromatic rings. The zero-order chi connectivity index (χ0) is 25.6. The summed E-state index contributed by atoms with van der Waals surface area (Å²) >= 11 is 4.97. The fourth-order valence-electron chi connectivity index (χ4n) is 4.52. The van der Waals surface area contributed by atoms with Gasteiger partial charge in [-0.15, -0.1) is 0 Å². The third-order valence-electron chi connectivity index (χ3n) is 6.46. The first kappa shape index (κ1) is 25.5. The van der Waals surface area contributed by atoms with Gasteiger partial charge in [-0.2, -0.15) is 18.3 Å². The quantitative estimate of drug-likeness (QED) is 0.194. The van der Waals surface area contributed by atoms with Crippen molar-refractivity contribution in [3.8, 4) is 5.75 Å². The molecular formula is C23H21F3I2N6O2. The molecule has 3 aromatic heterocycles. The molecule has 8 nitrogen and oxygen atoms in total. The van der Waals surface area contributed by atoms with E-state index in [4.69, 9.17) is 9.84 Å². The molecule has 36 heavy (non-hydrogen) atoms. The van der Waals surface area contributed by atoms with Crippen molar-refractivity contribution in [1.29, 1.82) is 0 Å². The molecule has 1 fully saturated rings. The van der Waals surface area contributed by atoms with Crippen molar-refractivity contribution in [2.75, 3.05) is 12.4 Å². The number of fused-ring (bicyclic) bond motifs is 2. The Morgan fingerprint density at radius 1 is 1.22 bits per heavy atom. The fraction of sp³-hybridized carbons (Fsp3) is 0.391. The number of carbonyl (C=O) groups excluding carboxylic acids is 1. The van der Waals surface area contributed by atoms with Gasteiger partial charge >= 0.3 is 6.18 Å². The van der Waals surface area contributed by atoms with Gasteiger partial charge in [0.25, 0.3) is 5.91 Å². The van der Waals surface area contributed by atoms with E-state index in [1.54, 1.807) is 12.1 Å². The Morgan fingerprint density at radius 2 is 1.97 bits per heavy atom. The average Bonchev–Trinajstić information content (AvgIpc) is 3.46. The van der Waals surface area contributed by atoms with Crippen molar-refractivity contribution in [1.82, 2.24) is 24.1 Å². The third-order valence-corrected chi connectivity index (χ3v) is 8.49. The largest absolute Gasteiger partial charge is 0.494 e. The van der Waals surface area contributed by atoms with E-state index in [1.165, 1.54) is 24.0 Å². The number of aromatic nitrogens is 5. The van der Waals surface area contributed by atoms with Gasteiger partial charge in [0.05, 0.1) is 26.3 Å². The van der Waals surface area contributed by atoms with Gasteiger partial charge in [0.15, 0.2) is 11.3 Å². The van der Waals surface area contributed by atoms with Crippen LogP contribution in [0.4, 0.5) is 18.9 Å². The number of alkyl halides is 5. The smallest absolute Gasteiger partial charge is 0.433 e. The Kier molecular flexibility index (Phi) is 7.04. The minimum Gasteiger partial charge on any atom is -0.494 e. The van der Waals surface area contributed by atoms with E-state index in [1.807, 2.05) is 10.9 Å². The minimum atomic E-state index is -4.64. The first-order valence-corrected chi connectivity index (χ1v) is 13.7. The van der Waals surface area contributed by atoms with Crippen LogP contribution in [-0.2, 0) is 6.18 Å². The van der Waals surface area contributed by atoms with Crippen LogP contribution in [0.1, 0.15) is 47.9 Å². The van der Waals surface area contributed by atoms with E-state index in [0.29, 0.717) is 19.4 Å².